The maximum absolute atomic E-state index is 8.79. The van der Waals surface area contributed by atoms with Gasteiger partial charge < -0.3 is 40.4 Å². The standard InChI is InChI=1S/C10H23NO.C3H8O3.BH3O3/c1-3-5-7-11(9-10-12)8-6-4-2;4-1-3(6)2-5;2-1(3)4/h12H,3-10H2,1-2H3;3-6H,1-2H2;2-4H. The highest BCUT2D eigenvalue weighted by atomic mass is 16.5. The zero-order valence-corrected chi connectivity index (χ0v) is 13.8. The molecule has 0 aliphatic heterocycles. The highest BCUT2D eigenvalue weighted by Crippen LogP contribution is 1.97. The van der Waals surface area contributed by atoms with E-state index >= 15 is 0 Å². The molecular formula is C13H34BNO7. The molecule has 0 spiro atoms. The van der Waals surface area contributed by atoms with Crippen molar-refractivity contribution in [3.8, 4) is 0 Å². The van der Waals surface area contributed by atoms with Crippen LogP contribution in [0, 0.1) is 0 Å². The summed E-state index contributed by atoms with van der Waals surface area (Å²) in [7, 11) is -2.17. The number of rotatable bonds is 10. The zero-order chi connectivity index (χ0) is 17.8. The summed E-state index contributed by atoms with van der Waals surface area (Å²) in [4.78, 5) is 2.35. The lowest BCUT2D eigenvalue weighted by Gasteiger charge is -2.20. The van der Waals surface area contributed by atoms with E-state index in [1.165, 1.54) is 25.7 Å². The summed E-state index contributed by atoms with van der Waals surface area (Å²) in [6, 6.07) is 0. The predicted octanol–water partition coefficient (Wildman–Crippen LogP) is -1.84. The lowest BCUT2D eigenvalue weighted by atomic mass is 10.2. The Bertz CT molecular complexity index is 175. The molecule has 7 N–H and O–H groups in total. The van der Waals surface area contributed by atoms with Crippen molar-refractivity contribution in [2.45, 2.75) is 45.6 Å². The Morgan fingerprint density at radius 1 is 0.818 bits per heavy atom. The fourth-order valence-corrected chi connectivity index (χ4v) is 1.30. The normalized spacial score (nSPS) is 9.95. The van der Waals surface area contributed by atoms with Gasteiger partial charge in [-0.1, -0.05) is 26.7 Å². The summed E-state index contributed by atoms with van der Waals surface area (Å²) >= 11 is 0. The van der Waals surface area contributed by atoms with E-state index in [2.05, 4.69) is 18.7 Å². The molecule has 0 unspecified atom stereocenters. The van der Waals surface area contributed by atoms with Crippen molar-refractivity contribution in [1.29, 1.82) is 0 Å². The molecule has 0 aliphatic carbocycles. The second-order valence-corrected chi connectivity index (χ2v) is 4.64. The molecule has 0 bridgehead atoms. The van der Waals surface area contributed by atoms with Gasteiger partial charge in [0, 0.05) is 6.54 Å². The summed E-state index contributed by atoms with van der Waals surface area (Å²) < 4.78 is 0. The molecule has 0 heterocycles. The molecule has 0 atom stereocenters. The maximum atomic E-state index is 8.79. The second-order valence-electron chi connectivity index (χ2n) is 4.64. The van der Waals surface area contributed by atoms with Crippen molar-refractivity contribution in [3.63, 3.8) is 0 Å². The van der Waals surface area contributed by atoms with Crippen molar-refractivity contribution >= 4 is 7.32 Å². The average Bonchev–Trinajstić information content (AvgIpc) is 2.49. The Labute approximate surface area is 133 Å². The third-order valence-electron chi connectivity index (χ3n) is 2.49. The molecule has 0 aromatic carbocycles. The molecule has 0 aromatic rings. The van der Waals surface area contributed by atoms with Gasteiger partial charge in [-0.2, -0.15) is 0 Å². The first-order chi connectivity index (χ1) is 10.4. The number of unbranched alkanes of at least 4 members (excludes halogenated alkanes) is 2. The van der Waals surface area contributed by atoms with Crippen LogP contribution in [0.3, 0.4) is 0 Å². The van der Waals surface area contributed by atoms with Crippen LogP contribution >= 0.6 is 0 Å². The van der Waals surface area contributed by atoms with Gasteiger partial charge in [-0.15, -0.1) is 0 Å². The van der Waals surface area contributed by atoms with Crippen LogP contribution in [0.2, 0.25) is 0 Å². The number of aliphatic hydroxyl groups excluding tert-OH is 4. The largest absolute Gasteiger partial charge is 0.631 e. The second kappa shape index (κ2) is 23.0. The van der Waals surface area contributed by atoms with Gasteiger partial charge in [-0.3, -0.25) is 0 Å². The fourth-order valence-electron chi connectivity index (χ4n) is 1.30. The van der Waals surface area contributed by atoms with E-state index in [4.69, 9.17) is 35.5 Å². The third kappa shape index (κ3) is 31.9. The van der Waals surface area contributed by atoms with Gasteiger partial charge in [0.25, 0.3) is 0 Å². The maximum Gasteiger partial charge on any atom is 0.631 e. The Morgan fingerprint density at radius 3 is 1.36 bits per heavy atom. The molecule has 0 radical (unpaired) electrons. The highest BCUT2D eigenvalue weighted by Gasteiger charge is 2.01. The van der Waals surface area contributed by atoms with Crippen molar-refractivity contribution in [2.75, 3.05) is 39.5 Å². The number of hydrogen-bond acceptors (Lipinski definition) is 8. The minimum atomic E-state index is -2.17. The van der Waals surface area contributed by atoms with Crippen LogP contribution in [0.25, 0.3) is 0 Å². The van der Waals surface area contributed by atoms with Crippen LogP contribution in [-0.4, -0.2) is 93.3 Å². The average molecular weight is 327 g/mol. The first-order valence-electron chi connectivity index (χ1n) is 7.66. The third-order valence-corrected chi connectivity index (χ3v) is 2.49. The van der Waals surface area contributed by atoms with Crippen LogP contribution in [0.1, 0.15) is 39.5 Å². The molecule has 9 heteroatoms. The molecule has 0 aliphatic rings. The molecule has 0 amide bonds. The van der Waals surface area contributed by atoms with E-state index in [0.717, 1.165) is 19.6 Å². The number of hydrogen-bond donors (Lipinski definition) is 7. The predicted molar refractivity (Wildman–Crippen MR) is 85.9 cm³/mol. The molecule has 0 aromatic heterocycles. The Morgan fingerprint density at radius 2 is 1.18 bits per heavy atom. The van der Waals surface area contributed by atoms with Crippen LogP contribution in [0.15, 0.2) is 0 Å². The van der Waals surface area contributed by atoms with E-state index < -0.39 is 13.4 Å². The Kier molecular flexibility index (Phi) is 27.9. The molecule has 136 valence electrons. The van der Waals surface area contributed by atoms with Crippen LogP contribution in [0.4, 0.5) is 0 Å². The summed E-state index contributed by atoms with van der Waals surface area (Å²) in [6.45, 7) is 7.13. The van der Waals surface area contributed by atoms with Crippen LogP contribution < -0.4 is 0 Å². The van der Waals surface area contributed by atoms with E-state index in [0.29, 0.717) is 6.61 Å². The quantitative estimate of drug-likeness (QED) is 0.232. The van der Waals surface area contributed by atoms with E-state index in [1.54, 1.807) is 0 Å². The fraction of sp³-hybridized carbons (Fsp3) is 1.00. The summed E-state index contributed by atoms with van der Waals surface area (Å²) in [5.41, 5.74) is 0. The summed E-state index contributed by atoms with van der Waals surface area (Å²) in [5, 5.41) is 54.3. The SMILES string of the molecule is CCCCN(CCO)CCCC.OB(O)O.OCC(O)CO. The van der Waals surface area contributed by atoms with Gasteiger partial charge in [-0.25, -0.2) is 0 Å². The van der Waals surface area contributed by atoms with Crippen LogP contribution in [0.5, 0.6) is 0 Å². The molecule has 22 heavy (non-hydrogen) atoms. The van der Waals surface area contributed by atoms with E-state index in [1.807, 2.05) is 0 Å². The van der Waals surface area contributed by atoms with Gasteiger partial charge in [0.2, 0.25) is 0 Å². The molecule has 0 saturated carbocycles. The summed E-state index contributed by atoms with van der Waals surface area (Å²) in [6.07, 6.45) is 4.04. The first kappa shape index (κ1) is 26.6. The molecule has 0 rings (SSSR count). The van der Waals surface area contributed by atoms with Gasteiger partial charge in [0.05, 0.1) is 19.8 Å². The van der Waals surface area contributed by atoms with Gasteiger partial charge in [0.15, 0.2) is 0 Å². The molecule has 0 saturated heterocycles. The van der Waals surface area contributed by atoms with Crippen molar-refractivity contribution < 1.29 is 35.5 Å². The lowest BCUT2D eigenvalue weighted by Crippen LogP contribution is -2.28. The molecular weight excluding hydrogens is 293 g/mol. The first-order valence-corrected chi connectivity index (χ1v) is 7.66. The molecule has 8 nitrogen and oxygen atoms in total. The number of nitrogens with zero attached hydrogens (tertiary/aromatic N) is 1. The van der Waals surface area contributed by atoms with Crippen molar-refractivity contribution in [2.24, 2.45) is 0 Å². The van der Waals surface area contributed by atoms with Gasteiger partial charge in [0.1, 0.15) is 6.10 Å². The van der Waals surface area contributed by atoms with Gasteiger partial charge in [-0.05, 0) is 25.9 Å². The van der Waals surface area contributed by atoms with Gasteiger partial charge >= 0.3 is 7.32 Å². The Hall–Kier alpha value is -0.255. The van der Waals surface area contributed by atoms with Crippen LogP contribution in [-0.2, 0) is 0 Å². The van der Waals surface area contributed by atoms with Crippen molar-refractivity contribution in [1.82, 2.24) is 4.90 Å². The van der Waals surface area contributed by atoms with Crippen molar-refractivity contribution in [3.05, 3.63) is 0 Å². The minimum Gasteiger partial charge on any atom is -0.402 e. The van der Waals surface area contributed by atoms with E-state index in [9.17, 15) is 0 Å². The topological polar surface area (TPSA) is 145 Å². The Balaban J connectivity index is -0.000000300. The monoisotopic (exact) mass is 327 g/mol. The minimum absolute atomic E-state index is 0.299. The highest BCUT2D eigenvalue weighted by molar-refractivity contribution is 6.30. The molecule has 0 fully saturated rings. The van der Waals surface area contributed by atoms with E-state index in [-0.39, 0.29) is 13.2 Å². The smallest absolute Gasteiger partial charge is 0.402 e. The summed E-state index contributed by atoms with van der Waals surface area (Å²) in [5.74, 6) is 0. The zero-order valence-electron chi connectivity index (χ0n) is 13.8. The lowest BCUT2D eigenvalue weighted by molar-refractivity contribution is 0.0450. The number of aliphatic hydroxyl groups is 4.